The zero-order chi connectivity index (χ0) is 33.5. The maximum Gasteiger partial charge on any atom is 0.413 e. The molecule has 0 unspecified atom stereocenters. The van der Waals surface area contributed by atoms with Crippen molar-refractivity contribution in [3.8, 4) is 11.3 Å². The first kappa shape index (κ1) is 31.4. The van der Waals surface area contributed by atoms with Crippen LogP contribution in [0.15, 0.2) is 54.9 Å². The lowest BCUT2D eigenvalue weighted by Gasteiger charge is -2.18. The highest BCUT2D eigenvalue weighted by Gasteiger charge is 2.26. The number of aromatic nitrogens is 7. The molecule has 0 aliphatic carbocycles. The fraction of sp³-hybridized carbons (Fsp3) is 0.250. The fourth-order valence-electron chi connectivity index (χ4n) is 4.74. The minimum atomic E-state index is -0.953. The predicted octanol–water partition coefficient (Wildman–Crippen LogP) is 6.82. The number of benzene rings is 1. The number of hydrogen-bond donors (Lipinski definition) is 2. The lowest BCUT2D eigenvalue weighted by molar-refractivity contribution is 0.0405. The summed E-state index contributed by atoms with van der Waals surface area (Å²) >= 11 is 1.20. The van der Waals surface area contributed by atoms with Crippen LogP contribution in [0.3, 0.4) is 0 Å². The Kier molecular flexibility index (Phi) is 8.23. The Balaban J connectivity index is 1.45. The molecule has 15 heteroatoms. The summed E-state index contributed by atoms with van der Waals surface area (Å²) in [7, 11) is 0. The Hall–Kier alpha value is -5.57. The first-order valence-corrected chi connectivity index (χ1v) is 15.4. The molecule has 0 aliphatic rings. The monoisotopic (exact) mass is 655 g/mol. The Labute approximate surface area is 272 Å². The number of amides is 1. The van der Waals surface area contributed by atoms with E-state index in [1.165, 1.54) is 17.5 Å². The molecule has 5 heterocycles. The molecule has 6 rings (SSSR count). The number of para-hydroxylation sites is 1. The minimum Gasteiger partial charge on any atom is -0.444 e. The first-order chi connectivity index (χ1) is 22.4. The molecule has 1 aromatic carbocycles. The molecule has 0 saturated carbocycles. The third-order valence-electron chi connectivity index (χ3n) is 6.81. The molecule has 0 aliphatic heterocycles. The van der Waals surface area contributed by atoms with E-state index in [-0.39, 0.29) is 33.8 Å². The van der Waals surface area contributed by atoms with Crippen LogP contribution in [0.25, 0.3) is 32.6 Å². The largest absolute Gasteiger partial charge is 0.444 e. The Morgan fingerprint density at radius 3 is 2.62 bits per heavy atom. The minimum absolute atomic E-state index is 0.0138. The molecular weight excluding hydrogens is 625 g/mol. The fourth-order valence-corrected chi connectivity index (χ4v) is 5.62. The molecule has 0 saturated heterocycles. The zero-order valence-electron chi connectivity index (χ0n) is 26.3. The van der Waals surface area contributed by atoms with Crippen LogP contribution in [0.2, 0.25) is 0 Å². The van der Waals surface area contributed by atoms with Gasteiger partial charge >= 0.3 is 12.1 Å². The summed E-state index contributed by atoms with van der Waals surface area (Å²) in [6, 6.07) is 11.4. The van der Waals surface area contributed by atoms with Crippen molar-refractivity contribution in [2.75, 3.05) is 10.6 Å². The molecule has 240 valence electrons. The molecule has 0 radical (unpaired) electrons. The van der Waals surface area contributed by atoms with Gasteiger partial charge in [0, 0.05) is 18.0 Å². The van der Waals surface area contributed by atoms with E-state index in [0.29, 0.717) is 27.0 Å². The molecule has 5 aromatic heterocycles. The van der Waals surface area contributed by atoms with E-state index in [4.69, 9.17) is 9.57 Å². The molecule has 2 N–H and O–H groups in total. The van der Waals surface area contributed by atoms with Crippen molar-refractivity contribution in [1.29, 1.82) is 0 Å². The van der Waals surface area contributed by atoms with Crippen molar-refractivity contribution in [1.82, 2.24) is 35.1 Å². The number of aryl methyl sites for hydroxylation is 1. The Bertz CT molecular complexity index is 2160. The summed E-state index contributed by atoms with van der Waals surface area (Å²) in [5, 5.41) is 14.0. The van der Waals surface area contributed by atoms with Crippen molar-refractivity contribution in [3.63, 3.8) is 0 Å². The van der Waals surface area contributed by atoms with Crippen molar-refractivity contribution < 1.29 is 23.6 Å². The van der Waals surface area contributed by atoms with Gasteiger partial charge in [-0.1, -0.05) is 37.3 Å². The van der Waals surface area contributed by atoms with Crippen LogP contribution in [0.4, 0.5) is 25.8 Å². The number of carbonyl (C=O) groups excluding carboxylic acids is 2. The number of rotatable bonds is 7. The quantitative estimate of drug-likeness (QED) is 0.174. The summed E-state index contributed by atoms with van der Waals surface area (Å²) in [5.74, 6) is -1.73. The number of hydrogen-bond acceptors (Lipinski definition) is 12. The number of thiazole rings is 1. The summed E-state index contributed by atoms with van der Waals surface area (Å²) in [6.07, 6.45) is 2.54. The Morgan fingerprint density at radius 1 is 1.04 bits per heavy atom. The van der Waals surface area contributed by atoms with Crippen molar-refractivity contribution >= 4 is 61.4 Å². The maximum atomic E-state index is 16.1. The second kappa shape index (κ2) is 12.3. The number of anilines is 3. The lowest BCUT2D eigenvalue weighted by atomic mass is 10.0. The number of carbonyl (C=O) groups is 2. The second-order valence-electron chi connectivity index (χ2n) is 11.9. The average Bonchev–Trinajstić information content (AvgIpc) is 3.61. The summed E-state index contributed by atoms with van der Waals surface area (Å²) in [6.45, 7) is 11.1. The van der Waals surface area contributed by atoms with Crippen LogP contribution in [0, 0.1) is 12.7 Å². The van der Waals surface area contributed by atoms with E-state index in [1.54, 1.807) is 57.3 Å². The number of halogens is 1. The summed E-state index contributed by atoms with van der Waals surface area (Å²) < 4.78 is 22.1. The molecule has 0 fully saturated rings. The van der Waals surface area contributed by atoms with Gasteiger partial charge < -0.3 is 14.9 Å². The third-order valence-corrected chi connectivity index (χ3v) is 7.74. The molecular formula is C32H30FN9O4S. The smallest absolute Gasteiger partial charge is 0.413 e. The van der Waals surface area contributed by atoms with Crippen LogP contribution in [0.1, 0.15) is 62.2 Å². The second-order valence-corrected chi connectivity index (χ2v) is 12.9. The van der Waals surface area contributed by atoms with E-state index >= 15 is 4.39 Å². The topological polar surface area (TPSA) is 159 Å². The van der Waals surface area contributed by atoms with E-state index in [9.17, 15) is 9.59 Å². The van der Waals surface area contributed by atoms with Gasteiger partial charge in [0.15, 0.2) is 10.9 Å². The summed E-state index contributed by atoms with van der Waals surface area (Å²) in [4.78, 5) is 50.3. The zero-order valence-corrected chi connectivity index (χ0v) is 27.1. The van der Waals surface area contributed by atoms with Crippen molar-refractivity contribution in [2.45, 2.75) is 53.1 Å². The van der Waals surface area contributed by atoms with Gasteiger partial charge in [-0.2, -0.15) is 0 Å². The number of nitrogens with zero attached hydrogens (tertiary/aromatic N) is 7. The molecule has 0 bridgehead atoms. The van der Waals surface area contributed by atoms with Crippen LogP contribution in [0.5, 0.6) is 0 Å². The highest BCUT2D eigenvalue weighted by molar-refractivity contribution is 7.22. The van der Waals surface area contributed by atoms with E-state index in [2.05, 4.69) is 40.9 Å². The van der Waals surface area contributed by atoms with E-state index in [0.717, 1.165) is 22.2 Å². The number of nitrogens with one attached hydrogen (secondary N) is 2. The van der Waals surface area contributed by atoms with Crippen LogP contribution >= 0.6 is 11.3 Å². The van der Waals surface area contributed by atoms with Crippen LogP contribution in [-0.4, -0.2) is 52.8 Å². The van der Waals surface area contributed by atoms with Crippen LogP contribution in [-0.2, 0) is 4.74 Å². The highest BCUT2D eigenvalue weighted by Crippen LogP contribution is 2.37. The normalized spacial score (nSPS) is 11.7. The molecule has 47 heavy (non-hydrogen) atoms. The third kappa shape index (κ3) is 6.56. The molecule has 13 nitrogen and oxygen atoms in total. The van der Waals surface area contributed by atoms with Gasteiger partial charge in [0.25, 0.3) is 0 Å². The van der Waals surface area contributed by atoms with E-state index in [1.807, 2.05) is 26.8 Å². The van der Waals surface area contributed by atoms with Crippen LogP contribution < -0.4 is 15.5 Å². The van der Waals surface area contributed by atoms with E-state index < -0.39 is 23.5 Å². The average molecular weight is 656 g/mol. The van der Waals surface area contributed by atoms with Gasteiger partial charge in [-0.25, -0.2) is 28.9 Å². The van der Waals surface area contributed by atoms with Gasteiger partial charge in [0.2, 0.25) is 5.65 Å². The predicted molar refractivity (Wildman–Crippen MR) is 175 cm³/mol. The lowest BCUT2D eigenvalue weighted by Crippen LogP contribution is -2.27. The number of fused-ring (bicyclic) bond motifs is 2. The Morgan fingerprint density at radius 2 is 1.85 bits per heavy atom. The molecule has 1 amide bonds. The van der Waals surface area contributed by atoms with Gasteiger partial charge in [-0.05, 0) is 79.6 Å². The van der Waals surface area contributed by atoms with Gasteiger partial charge in [-0.3, -0.25) is 10.3 Å². The first-order valence-electron chi connectivity index (χ1n) is 14.6. The molecule has 0 spiro atoms. The van der Waals surface area contributed by atoms with Crippen molar-refractivity contribution in [2.24, 2.45) is 0 Å². The van der Waals surface area contributed by atoms with Gasteiger partial charge in [0.1, 0.15) is 28.2 Å². The van der Waals surface area contributed by atoms with Gasteiger partial charge in [-0.15, -0.1) is 5.10 Å². The number of pyridine rings is 3. The molecule has 6 aromatic rings. The molecule has 0 atom stereocenters. The number of ether oxygens (including phenoxy) is 1. The standard InChI is InChI=1S/C32H30FN9O4S/c1-16(2)23-24(17(3)12-14-34-23)36-27-19(29(43)46-42-28-21(40-41-42)10-8-13-35-28)15-20(33)25(37-27)18-9-7-11-22-26(18)38-30(47-22)39-31(44)45-32(4,5)6/h7-16H,1-6H3,(H,36,37)(H,38,39,44). The van der Waals surface area contributed by atoms with Gasteiger partial charge in [0.05, 0.1) is 21.6 Å². The van der Waals surface area contributed by atoms with Crippen molar-refractivity contribution in [3.05, 3.63) is 77.5 Å². The maximum absolute atomic E-state index is 16.1. The summed E-state index contributed by atoms with van der Waals surface area (Å²) in [5.41, 5.74) is 2.54. The highest BCUT2D eigenvalue weighted by atomic mass is 32.1. The SMILES string of the molecule is Cc1ccnc(C(C)C)c1Nc1nc(-c2cccc3sc(NC(=O)OC(C)(C)C)nc23)c(F)cc1C(=O)On1nnc2cccnc21.